The van der Waals surface area contributed by atoms with Crippen molar-refractivity contribution in [1.29, 1.82) is 0 Å². The molecule has 108 valence electrons. The molecule has 21 heavy (non-hydrogen) atoms. The molecule has 0 bridgehead atoms. The van der Waals surface area contributed by atoms with E-state index < -0.39 is 0 Å². The maximum Gasteiger partial charge on any atom is 0.274 e. The fraction of sp³-hybridized carbons (Fsp3) is 0.278. The molecule has 0 unspecified atom stereocenters. The van der Waals surface area contributed by atoms with Gasteiger partial charge in [-0.3, -0.25) is 4.79 Å². The monoisotopic (exact) mass is 280 g/mol. The highest BCUT2D eigenvalue weighted by atomic mass is 16.1. The second kappa shape index (κ2) is 4.92. The van der Waals surface area contributed by atoms with Gasteiger partial charge >= 0.3 is 0 Å². The molecule has 0 spiro atoms. The summed E-state index contributed by atoms with van der Waals surface area (Å²) in [5.41, 5.74) is 6.74. The first-order chi connectivity index (χ1) is 10.1. The number of aromatic nitrogens is 2. The lowest BCUT2D eigenvalue weighted by molar-refractivity contribution is 0.846. The van der Waals surface area contributed by atoms with Gasteiger partial charge in [-0.15, -0.1) is 0 Å². The van der Waals surface area contributed by atoms with Crippen LogP contribution in [0.5, 0.6) is 0 Å². The summed E-state index contributed by atoms with van der Waals surface area (Å²) in [6.45, 7) is 6.30. The van der Waals surface area contributed by atoms with Gasteiger partial charge in [0.25, 0.3) is 5.56 Å². The first-order valence-electron chi connectivity index (χ1n) is 7.31. The zero-order valence-electron chi connectivity index (χ0n) is 13.0. The Bertz CT molecular complexity index is 884. The Kier molecular flexibility index (Phi) is 3.20. The number of hydrogen-bond donors (Lipinski definition) is 0. The summed E-state index contributed by atoms with van der Waals surface area (Å²) in [6.07, 6.45) is 4.79. The predicted octanol–water partition coefficient (Wildman–Crippen LogP) is 3.48. The van der Waals surface area contributed by atoms with Crippen molar-refractivity contribution in [2.24, 2.45) is 7.05 Å². The molecular weight excluding hydrogens is 260 g/mol. The predicted molar refractivity (Wildman–Crippen MR) is 86.9 cm³/mol. The molecule has 0 saturated heterocycles. The standard InChI is InChI=1S/C18H20N2O/c1-5-14-8-6-7-9-15(14)16-12(2)13(3)17-18(21)19(4)10-11-20(16)17/h6-11H,5H2,1-4H3. The number of fused-ring (bicyclic) bond motifs is 1. The molecule has 3 rings (SSSR count). The molecule has 0 aliphatic heterocycles. The molecule has 0 amide bonds. The third kappa shape index (κ3) is 1.92. The van der Waals surface area contributed by atoms with Gasteiger partial charge < -0.3 is 8.97 Å². The van der Waals surface area contributed by atoms with E-state index in [9.17, 15) is 4.79 Å². The van der Waals surface area contributed by atoms with Gasteiger partial charge in [0.1, 0.15) is 5.52 Å². The quantitative estimate of drug-likeness (QED) is 0.706. The minimum atomic E-state index is 0.0540. The van der Waals surface area contributed by atoms with E-state index in [1.54, 1.807) is 11.6 Å². The Morgan fingerprint density at radius 2 is 1.76 bits per heavy atom. The molecule has 0 aliphatic carbocycles. The SMILES string of the molecule is CCc1ccccc1-c1c(C)c(C)c2c(=O)n(C)ccn12. The van der Waals surface area contributed by atoms with Gasteiger partial charge in [-0.1, -0.05) is 31.2 Å². The van der Waals surface area contributed by atoms with Crippen LogP contribution < -0.4 is 5.56 Å². The summed E-state index contributed by atoms with van der Waals surface area (Å²) in [6, 6.07) is 8.43. The van der Waals surface area contributed by atoms with Gasteiger partial charge in [0.2, 0.25) is 0 Å². The topological polar surface area (TPSA) is 26.4 Å². The second-order valence-electron chi connectivity index (χ2n) is 5.54. The van der Waals surface area contributed by atoms with Crippen molar-refractivity contribution < 1.29 is 0 Å². The van der Waals surface area contributed by atoms with E-state index in [0.717, 1.165) is 23.2 Å². The molecule has 0 radical (unpaired) electrons. The summed E-state index contributed by atoms with van der Waals surface area (Å²) >= 11 is 0. The normalized spacial score (nSPS) is 11.2. The smallest absolute Gasteiger partial charge is 0.274 e. The minimum Gasteiger partial charge on any atom is -0.315 e. The van der Waals surface area contributed by atoms with Crippen molar-refractivity contribution in [3.8, 4) is 11.3 Å². The van der Waals surface area contributed by atoms with Crippen molar-refractivity contribution in [1.82, 2.24) is 8.97 Å². The van der Waals surface area contributed by atoms with E-state index in [1.807, 2.05) is 23.7 Å². The summed E-state index contributed by atoms with van der Waals surface area (Å²) in [5, 5.41) is 0. The zero-order valence-corrected chi connectivity index (χ0v) is 13.0. The van der Waals surface area contributed by atoms with Gasteiger partial charge in [0.05, 0.1) is 5.69 Å². The third-order valence-corrected chi connectivity index (χ3v) is 4.37. The highest BCUT2D eigenvalue weighted by molar-refractivity contribution is 5.76. The number of aryl methyl sites for hydroxylation is 3. The minimum absolute atomic E-state index is 0.0540. The van der Waals surface area contributed by atoms with Gasteiger partial charge in [-0.25, -0.2) is 0 Å². The van der Waals surface area contributed by atoms with E-state index in [0.29, 0.717) is 0 Å². The van der Waals surface area contributed by atoms with Crippen LogP contribution in [0.3, 0.4) is 0 Å². The van der Waals surface area contributed by atoms with Gasteiger partial charge in [0, 0.05) is 25.0 Å². The van der Waals surface area contributed by atoms with Crippen LogP contribution in [0.15, 0.2) is 41.5 Å². The lowest BCUT2D eigenvalue weighted by Gasteiger charge is -2.10. The van der Waals surface area contributed by atoms with Crippen molar-refractivity contribution in [3.63, 3.8) is 0 Å². The molecule has 0 saturated carbocycles. The van der Waals surface area contributed by atoms with Crippen molar-refractivity contribution in [2.45, 2.75) is 27.2 Å². The Morgan fingerprint density at radius 3 is 2.48 bits per heavy atom. The van der Waals surface area contributed by atoms with E-state index in [4.69, 9.17) is 0 Å². The maximum absolute atomic E-state index is 12.4. The maximum atomic E-state index is 12.4. The average molecular weight is 280 g/mol. The average Bonchev–Trinajstić information content (AvgIpc) is 2.75. The molecule has 0 aliphatic rings. The van der Waals surface area contributed by atoms with E-state index in [-0.39, 0.29) is 5.56 Å². The second-order valence-corrected chi connectivity index (χ2v) is 5.54. The molecule has 3 heteroatoms. The molecule has 3 aromatic rings. The summed E-state index contributed by atoms with van der Waals surface area (Å²) < 4.78 is 3.68. The highest BCUT2D eigenvalue weighted by Crippen LogP contribution is 2.31. The van der Waals surface area contributed by atoms with Crippen LogP contribution in [0.4, 0.5) is 0 Å². The largest absolute Gasteiger partial charge is 0.315 e. The Balaban J connectivity index is 2.47. The molecule has 3 nitrogen and oxygen atoms in total. The van der Waals surface area contributed by atoms with E-state index in [2.05, 4.69) is 38.1 Å². The van der Waals surface area contributed by atoms with Crippen LogP contribution in [0.25, 0.3) is 16.8 Å². The van der Waals surface area contributed by atoms with Gasteiger partial charge in [-0.2, -0.15) is 0 Å². The van der Waals surface area contributed by atoms with Gasteiger partial charge in [0.15, 0.2) is 0 Å². The molecule has 2 heterocycles. The van der Waals surface area contributed by atoms with Crippen LogP contribution in [0.1, 0.15) is 23.6 Å². The molecule has 0 fully saturated rings. The highest BCUT2D eigenvalue weighted by Gasteiger charge is 2.17. The molecule has 0 N–H and O–H groups in total. The van der Waals surface area contributed by atoms with Crippen LogP contribution in [-0.2, 0) is 13.5 Å². The molecule has 1 aromatic carbocycles. The lowest BCUT2D eigenvalue weighted by Crippen LogP contribution is -2.18. The van der Waals surface area contributed by atoms with Crippen molar-refractivity contribution in [3.05, 3.63) is 63.7 Å². The summed E-state index contributed by atoms with van der Waals surface area (Å²) in [4.78, 5) is 12.4. The Labute approximate surface area is 124 Å². The molecule has 2 aromatic heterocycles. The van der Waals surface area contributed by atoms with Crippen LogP contribution >= 0.6 is 0 Å². The number of rotatable bonds is 2. The molecule has 0 atom stereocenters. The summed E-state index contributed by atoms with van der Waals surface area (Å²) in [5.74, 6) is 0. The lowest BCUT2D eigenvalue weighted by atomic mass is 9.99. The van der Waals surface area contributed by atoms with Gasteiger partial charge in [-0.05, 0) is 37.0 Å². The fourth-order valence-corrected chi connectivity index (χ4v) is 3.03. The molecular formula is C18H20N2O. The van der Waals surface area contributed by atoms with Crippen molar-refractivity contribution >= 4 is 5.52 Å². The number of nitrogens with zero attached hydrogens (tertiary/aromatic N) is 2. The third-order valence-electron chi connectivity index (χ3n) is 4.37. The summed E-state index contributed by atoms with van der Waals surface area (Å²) in [7, 11) is 1.80. The van der Waals surface area contributed by atoms with Crippen LogP contribution in [0, 0.1) is 13.8 Å². The Morgan fingerprint density at radius 1 is 1.05 bits per heavy atom. The van der Waals surface area contributed by atoms with E-state index in [1.165, 1.54) is 16.7 Å². The first kappa shape index (κ1) is 13.7. The number of benzene rings is 1. The van der Waals surface area contributed by atoms with Crippen molar-refractivity contribution in [2.75, 3.05) is 0 Å². The Hall–Kier alpha value is -2.29. The number of hydrogen-bond acceptors (Lipinski definition) is 1. The zero-order chi connectivity index (χ0) is 15.1. The van der Waals surface area contributed by atoms with Crippen LogP contribution in [-0.4, -0.2) is 8.97 Å². The fourth-order valence-electron chi connectivity index (χ4n) is 3.03. The van der Waals surface area contributed by atoms with E-state index >= 15 is 0 Å². The first-order valence-corrected chi connectivity index (χ1v) is 7.31. The van der Waals surface area contributed by atoms with Crippen LogP contribution in [0.2, 0.25) is 0 Å².